The zero-order valence-electron chi connectivity index (χ0n) is 15.9. The molecule has 146 valence electrons. The molecule has 0 aromatic heterocycles. The van der Waals surface area contributed by atoms with E-state index in [0.29, 0.717) is 6.42 Å². The van der Waals surface area contributed by atoms with Gasteiger partial charge in [0, 0.05) is 31.2 Å². The molecule has 0 saturated heterocycles. The highest BCUT2D eigenvalue weighted by Gasteiger charge is 2.45. The lowest BCUT2D eigenvalue weighted by molar-refractivity contribution is -0.128. The van der Waals surface area contributed by atoms with Gasteiger partial charge in [-0.25, -0.2) is 8.78 Å². The van der Waals surface area contributed by atoms with Crippen LogP contribution in [-0.2, 0) is 14.4 Å². The molecule has 2 aliphatic rings. The number of halogens is 2. The maximum absolute atomic E-state index is 12.8. The predicted molar refractivity (Wildman–Crippen MR) is 96.7 cm³/mol. The molecule has 0 spiro atoms. The Morgan fingerprint density at radius 2 is 1.81 bits per heavy atom. The number of ketones is 2. The SMILES string of the molecule is Cc1cc(C)c(C2C(=O)CC(CC(=O)NCC3CC3C(F)F)C2=O)c(C)c1. The summed E-state index contributed by atoms with van der Waals surface area (Å²) in [7, 11) is 0. The summed E-state index contributed by atoms with van der Waals surface area (Å²) < 4.78 is 25.0. The molecule has 2 fully saturated rings. The molecule has 1 aromatic rings. The quantitative estimate of drug-likeness (QED) is 0.774. The number of benzene rings is 1. The maximum atomic E-state index is 12.8. The molecule has 1 N–H and O–H groups in total. The molecule has 0 radical (unpaired) electrons. The molecule has 4 nitrogen and oxygen atoms in total. The normalized spacial score (nSPS) is 27.3. The molecule has 1 amide bonds. The van der Waals surface area contributed by atoms with Crippen LogP contribution in [0.1, 0.15) is 47.4 Å². The molecule has 4 atom stereocenters. The molecule has 3 rings (SSSR count). The van der Waals surface area contributed by atoms with Crippen LogP contribution < -0.4 is 5.32 Å². The molecule has 27 heavy (non-hydrogen) atoms. The molecule has 0 aliphatic heterocycles. The van der Waals surface area contributed by atoms with Crippen LogP contribution >= 0.6 is 0 Å². The summed E-state index contributed by atoms with van der Waals surface area (Å²) in [4.78, 5) is 37.5. The highest BCUT2D eigenvalue weighted by atomic mass is 19.3. The Balaban J connectivity index is 1.62. The molecule has 0 heterocycles. The van der Waals surface area contributed by atoms with Crippen molar-refractivity contribution in [2.45, 2.75) is 52.4 Å². The fraction of sp³-hybridized carbons (Fsp3) is 0.571. The van der Waals surface area contributed by atoms with Crippen LogP contribution in [0, 0.1) is 38.5 Å². The number of carbonyl (C=O) groups excluding carboxylic acids is 3. The van der Waals surface area contributed by atoms with E-state index in [1.807, 2.05) is 32.9 Å². The average Bonchev–Trinajstić information content (AvgIpc) is 3.29. The first-order chi connectivity index (χ1) is 12.7. The average molecular weight is 377 g/mol. The minimum atomic E-state index is -2.34. The molecular formula is C21H25F2NO3. The first-order valence-electron chi connectivity index (χ1n) is 9.38. The number of alkyl halides is 2. The molecule has 4 unspecified atom stereocenters. The number of hydrogen-bond acceptors (Lipinski definition) is 3. The Bertz CT molecular complexity index is 767. The lowest BCUT2D eigenvalue weighted by atomic mass is 9.86. The highest BCUT2D eigenvalue weighted by Crippen LogP contribution is 2.42. The topological polar surface area (TPSA) is 63.2 Å². The summed E-state index contributed by atoms with van der Waals surface area (Å²) in [6.45, 7) is 5.96. The summed E-state index contributed by atoms with van der Waals surface area (Å²) in [5.74, 6) is -2.94. The highest BCUT2D eigenvalue weighted by molar-refractivity contribution is 6.15. The Hall–Kier alpha value is -2.11. The van der Waals surface area contributed by atoms with Gasteiger partial charge < -0.3 is 5.32 Å². The second-order valence-corrected chi connectivity index (χ2v) is 8.02. The van der Waals surface area contributed by atoms with E-state index in [0.717, 1.165) is 22.3 Å². The van der Waals surface area contributed by atoms with Gasteiger partial charge in [0.2, 0.25) is 12.3 Å². The summed E-state index contributed by atoms with van der Waals surface area (Å²) in [5.41, 5.74) is 3.66. The number of carbonyl (C=O) groups is 3. The van der Waals surface area contributed by atoms with Gasteiger partial charge in [0.25, 0.3) is 0 Å². The summed E-state index contributed by atoms with van der Waals surface area (Å²) in [6.07, 6.45) is -1.92. The van der Waals surface area contributed by atoms with Gasteiger partial charge in [-0.05, 0) is 49.8 Å². The smallest absolute Gasteiger partial charge is 0.241 e. The van der Waals surface area contributed by atoms with Crippen molar-refractivity contribution in [3.05, 3.63) is 34.4 Å². The van der Waals surface area contributed by atoms with E-state index in [4.69, 9.17) is 0 Å². The summed E-state index contributed by atoms with van der Waals surface area (Å²) >= 11 is 0. The monoisotopic (exact) mass is 377 g/mol. The van der Waals surface area contributed by atoms with E-state index in [-0.39, 0.29) is 42.8 Å². The minimum absolute atomic E-state index is 0.0584. The van der Waals surface area contributed by atoms with Gasteiger partial charge in [0.05, 0.1) is 0 Å². The van der Waals surface area contributed by atoms with E-state index in [9.17, 15) is 23.2 Å². The lowest BCUT2D eigenvalue weighted by Gasteiger charge is -2.16. The second-order valence-electron chi connectivity index (χ2n) is 8.02. The van der Waals surface area contributed by atoms with Gasteiger partial charge in [-0.15, -0.1) is 0 Å². The number of aryl methyl sites for hydroxylation is 3. The fourth-order valence-corrected chi connectivity index (χ4v) is 4.33. The van der Waals surface area contributed by atoms with E-state index in [1.54, 1.807) is 0 Å². The number of Topliss-reactive ketones (excluding diaryl/α,β-unsaturated/α-hetero) is 2. The van der Waals surface area contributed by atoms with Crippen molar-refractivity contribution >= 4 is 17.5 Å². The number of rotatable bonds is 6. The fourth-order valence-electron chi connectivity index (χ4n) is 4.33. The van der Waals surface area contributed by atoms with Crippen molar-refractivity contribution in [2.24, 2.45) is 17.8 Å². The first kappa shape index (κ1) is 19.6. The van der Waals surface area contributed by atoms with Crippen LogP contribution in [0.2, 0.25) is 0 Å². The molecule has 1 aromatic carbocycles. The third-order valence-corrected chi connectivity index (χ3v) is 5.78. The largest absolute Gasteiger partial charge is 0.356 e. The van der Waals surface area contributed by atoms with Crippen LogP contribution in [0.3, 0.4) is 0 Å². The van der Waals surface area contributed by atoms with Gasteiger partial charge >= 0.3 is 0 Å². The molecule has 6 heteroatoms. The van der Waals surface area contributed by atoms with E-state index in [1.165, 1.54) is 0 Å². The zero-order chi connectivity index (χ0) is 19.9. The van der Waals surface area contributed by atoms with Gasteiger partial charge in [-0.2, -0.15) is 0 Å². The Labute approximate surface area is 157 Å². The van der Waals surface area contributed by atoms with Gasteiger partial charge in [0.15, 0.2) is 5.78 Å². The zero-order valence-corrected chi connectivity index (χ0v) is 15.9. The van der Waals surface area contributed by atoms with Crippen molar-refractivity contribution in [2.75, 3.05) is 6.54 Å². The summed E-state index contributed by atoms with van der Waals surface area (Å²) in [6, 6.07) is 3.91. The maximum Gasteiger partial charge on any atom is 0.241 e. The van der Waals surface area contributed by atoms with Gasteiger partial charge in [-0.1, -0.05) is 17.7 Å². The van der Waals surface area contributed by atoms with Gasteiger partial charge in [0.1, 0.15) is 11.7 Å². The number of amides is 1. The predicted octanol–water partition coefficient (Wildman–Crippen LogP) is 3.26. The second kappa shape index (κ2) is 7.49. The third kappa shape index (κ3) is 4.09. The summed E-state index contributed by atoms with van der Waals surface area (Å²) in [5, 5.41) is 2.64. The van der Waals surface area contributed by atoms with Crippen LogP contribution in [-0.4, -0.2) is 30.4 Å². The van der Waals surface area contributed by atoms with Gasteiger partial charge in [-0.3, -0.25) is 14.4 Å². The lowest BCUT2D eigenvalue weighted by Crippen LogP contribution is -2.29. The Kier molecular flexibility index (Phi) is 5.45. The van der Waals surface area contributed by atoms with Crippen LogP contribution in [0.5, 0.6) is 0 Å². The van der Waals surface area contributed by atoms with E-state index in [2.05, 4.69) is 5.32 Å². The third-order valence-electron chi connectivity index (χ3n) is 5.78. The Morgan fingerprint density at radius 3 is 2.37 bits per heavy atom. The molecular weight excluding hydrogens is 352 g/mol. The van der Waals surface area contributed by atoms with Crippen LogP contribution in [0.15, 0.2) is 12.1 Å². The van der Waals surface area contributed by atoms with Crippen molar-refractivity contribution < 1.29 is 23.2 Å². The Morgan fingerprint density at radius 1 is 1.19 bits per heavy atom. The van der Waals surface area contributed by atoms with Crippen LogP contribution in [0.25, 0.3) is 0 Å². The number of hydrogen-bond donors (Lipinski definition) is 1. The molecule has 2 saturated carbocycles. The van der Waals surface area contributed by atoms with Crippen molar-refractivity contribution in [1.82, 2.24) is 5.32 Å². The number of nitrogens with one attached hydrogen (secondary N) is 1. The molecule has 0 bridgehead atoms. The van der Waals surface area contributed by atoms with Crippen LogP contribution in [0.4, 0.5) is 8.78 Å². The molecule has 2 aliphatic carbocycles. The van der Waals surface area contributed by atoms with Crippen molar-refractivity contribution in [1.29, 1.82) is 0 Å². The van der Waals surface area contributed by atoms with E-state index >= 15 is 0 Å². The minimum Gasteiger partial charge on any atom is -0.356 e. The van der Waals surface area contributed by atoms with E-state index < -0.39 is 24.2 Å². The standard InChI is InChI=1S/C21H25F2NO3/c1-10-4-11(2)18(12(3)5-10)19-16(25)7-13(20(19)27)8-17(26)24-9-14-6-15(14)21(22)23/h4-5,13-15,19,21H,6-9H2,1-3H3,(H,24,26). The first-order valence-corrected chi connectivity index (χ1v) is 9.38. The van der Waals surface area contributed by atoms with Crippen molar-refractivity contribution in [3.8, 4) is 0 Å². The van der Waals surface area contributed by atoms with Crippen molar-refractivity contribution in [3.63, 3.8) is 0 Å².